The van der Waals surface area contributed by atoms with Crippen molar-refractivity contribution in [1.29, 1.82) is 0 Å². The molecule has 1 aromatic carbocycles. The maximum Gasteiger partial charge on any atom is -0.00459 e. The third-order valence-electron chi connectivity index (χ3n) is 3.12. The zero-order chi connectivity index (χ0) is 11.1. The van der Waals surface area contributed by atoms with Crippen molar-refractivity contribution >= 4 is 6.08 Å². The Labute approximate surface area is 98.6 Å². The van der Waals surface area contributed by atoms with Crippen LogP contribution in [0.25, 0.3) is 6.08 Å². The van der Waals surface area contributed by atoms with Crippen molar-refractivity contribution in [2.75, 3.05) is 13.1 Å². The van der Waals surface area contributed by atoms with Crippen molar-refractivity contribution in [1.82, 2.24) is 5.32 Å². The summed E-state index contributed by atoms with van der Waals surface area (Å²) >= 11 is 0. The van der Waals surface area contributed by atoms with Gasteiger partial charge in [-0.3, -0.25) is 0 Å². The van der Waals surface area contributed by atoms with E-state index in [4.69, 9.17) is 0 Å². The van der Waals surface area contributed by atoms with Gasteiger partial charge in [0, 0.05) is 0 Å². The number of nitrogens with one attached hydrogen (secondary N) is 1. The molecule has 86 valence electrons. The standard InChI is InChI=1S/C15H21N/c1-2-7-14(8-3-1)13-15-9-4-5-11-16-12-6-10-15/h1-3,7-8,13,16H,4-6,9-12H2/b15-13+. The predicted octanol–water partition coefficient (Wildman–Crippen LogP) is 3.62. The van der Waals surface area contributed by atoms with E-state index < -0.39 is 0 Å². The molecule has 0 unspecified atom stereocenters. The minimum atomic E-state index is 1.17. The van der Waals surface area contributed by atoms with E-state index >= 15 is 0 Å². The van der Waals surface area contributed by atoms with Crippen LogP contribution in [0.1, 0.15) is 37.7 Å². The van der Waals surface area contributed by atoms with E-state index in [1.165, 1.54) is 50.8 Å². The van der Waals surface area contributed by atoms with Crippen molar-refractivity contribution < 1.29 is 0 Å². The second kappa shape index (κ2) is 6.49. The molecule has 0 aliphatic carbocycles. The number of rotatable bonds is 1. The van der Waals surface area contributed by atoms with E-state index in [0.717, 1.165) is 0 Å². The number of hydrogen-bond donors (Lipinski definition) is 1. The first-order valence-corrected chi connectivity index (χ1v) is 6.40. The Bertz CT molecular complexity index is 315. The summed E-state index contributed by atoms with van der Waals surface area (Å²) in [6.07, 6.45) is 8.82. The Morgan fingerprint density at radius 1 is 0.875 bits per heavy atom. The fraction of sp³-hybridized carbons (Fsp3) is 0.467. The van der Waals surface area contributed by atoms with E-state index in [-0.39, 0.29) is 0 Å². The minimum Gasteiger partial charge on any atom is -0.317 e. The quantitative estimate of drug-likeness (QED) is 0.754. The van der Waals surface area contributed by atoms with E-state index in [9.17, 15) is 0 Å². The van der Waals surface area contributed by atoms with Crippen molar-refractivity contribution in [3.05, 3.63) is 41.5 Å². The Kier molecular flexibility index (Phi) is 4.63. The Hall–Kier alpha value is -1.08. The lowest BCUT2D eigenvalue weighted by atomic mass is 10.0. The molecule has 1 N–H and O–H groups in total. The van der Waals surface area contributed by atoms with E-state index in [0.29, 0.717) is 0 Å². The van der Waals surface area contributed by atoms with E-state index in [2.05, 4.69) is 41.7 Å². The fourth-order valence-corrected chi connectivity index (χ4v) is 2.22. The molecule has 0 radical (unpaired) electrons. The van der Waals surface area contributed by atoms with Crippen LogP contribution in [0, 0.1) is 0 Å². The first-order valence-electron chi connectivity index (χ1n) is 6.40. The molecule has 0 spiro atoms. The summed E-state index contributed by atoms with van der Waals surface area (Å²) < 4.78 is 0. The smallest absolute Gasteiger partial charge is 0.00459 e. The second-order valence-corrected chi connectivity index (χ2v) is 4.52. The highest BCUT2D eigenvalue weighted by atomic mass is 14.8. The van der Waals surface area contributed by atoms with Crippen LogP contribution in [-0.2, 0) is 0 Å². The van der Waals surface area contributed by atoms with Crippen molar-refractivity contribution in [3.63, 3.8) is 0 Å². The molecule has 0 aromatic heterocycles. The molecule has 0 amide bonds. The van der Waals surface area contributed by atoms with Crippen LogP contribution < -0.4 is 5.32 Å². The lowest BCUT2D eigenvalue weighted by Gasteiger charge is -2.05. The van der Waals surface area contributed by atoms with Gasteiger partial charge in [-0.15, -0.1) is 0 Å². The van der Waals surface area contributed by atoms with Crippen LogP contribution >= 0.6 is 0 Å². The molecule has 1 heteroatoms. The molecule has 1 heterocycles. The van der Waals surface area contributed by atoms with Crippen LogP contribution in [0.2, 0.25) is 0 Å². The number of hydrogen-bond acceptors (Lipinski definition) is 1. The van der Waals surface area contributed by atoms with E-state index in [1.807, 2.05) is 0 Å². The van der Waals surface area contributed by atoms with Gasteiger partial charge in [-0.2, -0.15) is 0 Å². The van der Waals surface area contributed by atoms with Crippen molar-refractivity contribution in [3.8, 4) is 0 Å². The summed E-state index contributed by atoms with van der Waals surface area (Å²) in [6.45, 7) is 2.37. The monoisotopic (exact) mass is 215 g/mol. The van der Waals surface area contributed by atoms with Gasteiger partial charge in [-0.1, -0.05) is 42.0 Å². The van der Waals surface area contributed by atoms with E-state index in [1.54, 1.807) is 5.57 Å². The molecule has 1 aliphatic heterocycles. The topological polar surface area (TPSA) is 12.0 Å². The molecule has 16 heavy (non-hydrogen) atoms. The molecule has 1 fully saturated rings. The van der Waals surface area contributed by atoms with Gasteiger partial charge in [0.2, 0.25) is 0 Å². The summed E-state index contributed by atoms with van der Waals surface area (Å²) in [7, 11) is 0. The number of allylic oxidation sites excluding steroid dienone is 1. The van der Waals surface area contributed by atoms with Gasteiger partial charge in [0.25, 0.3) is 0 Å². The van der Waals surface area contributed by atoms with Gasteiger partial charge in [-0.05, 0) is 50.8 Å². The summed E-state index contributed by atoms with van der Waals surface area (Å²) in [4.78, 5) is 0. The SMILES string of the molecule is C(=C1/CCCCNCCC1)/c1ccccc1. The van der Waals surface area contributed by atoms with Crippen molar-refractivity contribution in [2.24, 2.45) is 0 Å². The first-order chi connectivity index (χ1) is 7.95. The Morgan fingerprint density at radius 2 is 1.62 bits per heavy atom. The highest BCUT2D eigenvalue weighted by Crippen LogP contribution is 2.18. The number of benzene rings is 1. The molecule has 2 rings (SSSR count). The third kappa shape index (κ3) is 3.82. The van der Waals surface area contributed by atoms with Crippen LogP contribution in [0.3, 0.4) is 0 Å². The van der Waals surface area contributed by atoms with Gasteiger partial charge in [0.1, 0.15) is 0 Å². The molecule has 1 nitrogen and oxygen atoms in total. The zero-order valence-corrected chi connectivity index (χ0v) is 9.91. The maximum absolute atomic E-state index is 3.48. The maximum atomic E-state index is 3.48. The average Bonchev–Trinajstić information content (AvgIpc) is 2.45. The largest absolute Gasteiger partial charge is 0.317 e. The van der Waals surface area contributed by atoms with Crippen LogP contribution in [0.15, 0.2) is 35.9 Å². The molecule has 1 aliphatic rings. The summed E-state index contributed by atoms with van der Waals surface area (Å²) in [5.74, 6) is 0. The lowest BCUT2D eigenvalue weighted by Crippen LogP contribution is -2.15. The van der Waals surface area contributed by atoms with Gasteiger partial charge in [-0.25, -0.2) is 0 Å². The minimum absolute atomic E-state index is 1.17. The summed E-state index contributed by atoms with van der Waals surface area (Å²) in [5.41, 5.74) is 2.97. The second-order valence-electron chi connectivity index (χ2n) is 4.52. The van der Waals surface area contributed by atoms with Gasteiger partial charge < -0.3 is 5.32 Å². The van der Waals surface area contributed by atoms with Crippen LogP contribution in [0.4, 0.5) is 0 Å². The molecular formula is C15H21N. The predicted molar refractivity (Wildman–Crippen MR) is 70.4 cm³/mol. The average molecular weight is 215 g/mol. The van der Waals surface area contributed by atoms with Gasteiger partial charge in [0.15, 0.2) is 0 Å². The normalized spacial score (nSPS) is 21.1. The molecule has 1 aromatic rings. The molecule has 0 bridgehead atoms. The molecule has 0 atom stereocenters. The highest BCUT2D eigenvalue weighted by molar-refractivity contribution is 5.52. The van der Waals surface area contributed by atoms with Crippen molar-refractivity contribution in [2.45, 2.75) is 32.1 Å². The van der Waals surface area contributed by atoms with Crippen LogP contribution in [-0.4, -0.2) is 13.1 Å². The Morgan fingerprint density at radius 3 is 2.50 bits per heavy atom. The molecule has 0 saturated carbocycles. The van der Waals surface area contributed by atoms with Crippen LogP contribution in [0.5, 0.6) is 0 Å². The lowest BCUT2D eigenvalue weighted by molar-refractivity contribution is 0.633. The molecule has 1 saturated heterocycles. The zero-order valence-electron chi connectivity index (χ0n) is 9.91. The van der Waals surface area contributed by atoms with Gasteiger partial charge >= 0.3 is 0 Å². The summed E-state index contributed by atoms with van der Waals surface area (Å²) in [5, 5.41) is 3.48. The highest BCUT2D eigenvalue weighted by Gasteiger charge is 2.02. The van der Waals surface area contributed by atoms with Gasteiger partial charge in [0.05, 0.1) is 0 Å². The Balaban J connectivity index is 2.02. The molecular weight excluding hydrogens is 194 g/mol. The summed E-state index contributed by atoms with van der Waals surface area (Å²) in [6, 6.07) is 10.7. The fourth-order valence-electron chi connectivity index (χ4n) is 2.22. The first kappa shape index (κ1) is 11.4. The third-order valence-corrected chi connectivity index (χ3v) is 3.12.